The molecule has 4 aromatic rings. The van der Waals surface area contributed by atoms with Crippen molar-refractivity contribution in [1.82, 2.24) is 14.5 Å². The minimum atomic E-state index is -0.372. The number of hydrogen-bond acceptors (Lipinski definition) is 6. The van der Waals surface area contributed by atoms with Crippen LogP contribution in [-0.2, 0) is 11.3 Å². The Labute approximate surface area is 185 Å². The number of anilines is 2. The van der Waals surface area contributed by atoms with Crippen molar-refractivity contribution < 1.29 is 9.21 Å². The lowest BCUT2D eigenvalue weighted by Crippen LogP contribution is -2.44. The first-order valence-electron chi connectivity index (χ1n) is 10.7. The molecule has 1 aliphatic heterocycles. The van der Waals surface area contributed by atoms with Gasteiger partial charge in [-0.3, -0.25) is 14.2 Å². The molecule has 0 unspecified atom stereocenters. The number of para-hydroxylation sites is 1. The van der Waals surface area contributed by atoms with E-state index in [1.54, 1.807) is 6.07 Å². The molecule has 164 valence electrons. The summed E-state index contributed by atoms with van der Waals surface area (Å²) >= 11 is 0. The number of nitrogens with zero attached hydrogens (tertiary/aromatic N) is 4. The summed E-state index contributed by atoms with van der Waals surface area (Å²) in [6.45, 7) is 5.96. The molecule has 0 atom stereocenters. The molecule has 0 saturated carbocycles. The summed E-state index contributed by atoms with van der Waals surface area (Å²) in [4.78, 5) is 34.5. The van der Waals surface area contributed by atoms with Crippen LogP contribution in [0.15, 0.2) is 58.0 Å². The van der Waals surface area contributed by atoms with Crippen LogP contribution in [0.1, 0.15) is 5.56 Å². The summed E-state index contributed by atoms with van der Waals surface area (Å²) in [6, 6.07) is 13.3. The molecule has 0 bridgehead atoms. The molecular weight excluding hydrogens is 406 g/mol. The van der Waals surface area contributed by atoms with E-state index >= 15 is 0 Å². The normalized spacial score (nSPS) is 14.9. The van der Waals surface area contributed by atoms with Crippen LogP contribution in [0.2, 0.25) is 0 Å². The van der Waals surface area contributed by atoms with Gasteiger partial charge in [0.1, 0.15) is 17.6 Å². The van der Waals surface area contributed by atoms with Crippen LogP contribution in [0.4, 0.5) is 11.4 Å². The topological polar surface area (TPSA) is 83.6 Å². The summed E-state index contributed by atoms with van der Waals surface area (Å²) in [5.74, 6) is -0.295. The Morgan fingerprint density at radius 1 is 1.12 bits per heavy atom. The third-order valence-electron chi connectivity index (χ3n) is 5.99. The first kappa shape index (κ1) is 20.3. The number of rotatable bonds is 4. The van der Waals surface area contributed by atoms with Crippen molar-refractivity contribution in [1.29, 1.82) is 0 Å². The van der Waals surface area contributed by atoms with E-state index in [1.165, 1.54) is 16.6 Å². The highest BCUT2D eigenvalue weighted by molar-refractivity contribution is 6.01. The lowest BCUT2D eigenvalue weighted by molar-refractivity contribution is -0.116. The summed E-state index contributed by atoms with van der Waals surface area (Å²) < 4.78 is 6.95. The fourth-order valence-electron chi connectivity index (χ4n) is 4.22. The Bertz CT molecular complexity index is 1370. The van der Waals surface area contributed by atoms with Crippen molar-refractivity contribution in [2.75, 3.05) is 43.4 Å². The van der Waals surface area contributed by atoms with Gasteiger partial charge in [-0.05, 0) is 49.9 Å². The zero-order valence-electron chi connectivity index (χ0n) is 18.2. The molecule has 1 amide bonds. The highest BCUT2D eigenvalue weighted by atomic mass is 16.3. The molecule has 0 radical (unpaired) electrons. The Morgan fingerprint density at radius 3 is 2.69 bits per heavy atom. The zero-order chi connectivity index (χ0) is 22.2. The van der Waals surface area contributed by atoms with Gasteiger partial charge in [-0.1, -0.05) is 12.1 Å². The van der Waals surface area contributed by atoms with Gasteiger partial charge in [0.25, 0.3) is 5.56 Å². The van der Waals surface area contributed by atoms with Gasteiger partial charge in [0.15, 0.2) is 0 Å². The van der Waals surface area contributed by atoms with Crippen molar-refractivity contribution in [2.24, 2.45) is 0 Å². The van der Waals surface area contributed by atoms with Crippen LogP contribution in [0.25, 0.3) is 22.1 Å². The average molecular weight is 431 g/mol. The number of aryl methyl sites for hydroxylation is 1. The molecule has 2 aromatic carbocycles. The fraction of sp³-hybridized carbons (Fsp3) is 0.292. The molecule has 1 saturated heterocycles. The number of amides is 1. The van der Waals surface area contributed by atoms with Gasteiger partial charge in [0.05, 0.1) is 6.33 Å². The molecule has 0 spiro atoms. The number of furan rings is 1. The minimum absolute atomic E-state index is 0.141. The van der Waals surface area contributed by atoms with E-state index in [0.29, 0.717) is 16.8 Å². The maximum atomic E-state index is 12.8. The van der Waals surface area contributed by atoms with E-state index in [9.17, 15) is 9.59 Å². The Balaban J connectivity index is 1.32. The van der Waals surface area contributed by atoms with E-state index < -0.39 is 0 Å². The second kappa shape index (κ2) is 8.12. The highest BCUT2D eigenvalue weighted by Gasteiger charge is 2.17. The molecule has 2 aromatic heterocycles. The van der Waals surface area contributed by atoms with Crippen molar-refractivity contribution in [2.45, 2.75) is 13.5 Å². The second-order valence-corrected chi connectivity index (χ2v) is 8.29. The average Bonchev–Trinajstić information content (AvgIpc) is 3.16. The third kappa shape index (κ3) is 3.73. The van der Waals surface area contributed by atoms with E-state index in [-0.39, 0.29) is 23.6 Å². The van der Waals surface area contributed by atoms with Crippen LogP contribution < -0.4 is 15.8 Å². The third-order valence-corrected chi connectivity index (χ3v) is 5.99. The summed E-state index contributed by atoms with van der Waals surface area (Å²) in [5.41, 5.74) is 3.90. The van der Waals surface area contributed by atoms with E-state index in [2.05, 4.69) is 27.1 Å². The standard InChI is InChI=1S/C24H25N5O3/c1-16-13-17(7-8-19(16)28-11-9-27(2)10-12-28)26-21(30)14-29-15-25-22-18-5-3-4-6-20(18)32-23(22)24(29)31/h3-8,13,15H,9-12,14H2,1-2H3,(H,26,30). The van der Waals surface area contributed by atoms with Gasteiger partial charge >= 0.3 is 0 Å². The van der Waals surface area contributed by atoms with Crippen LogP contribution in [0.5, 0.6) is 0 Å². The predicted octanol–water partition coefficient (Wildman–Crippen LogP) is 2.84. The number of benzene rings is 2. The summed E-state index contributed by atoms with van der Waals surface area (Å²) in [7, 11) is 2.13. The molecule has 1 fully saturated rings. The van der Waals surface area contributed by atoms with Crippen molar-refractivity contribution >= 4 is 39.4 Å². The number of fused-ring (bicyclic) bond motifs is 3. The van der Waals surface area contributed by atoms with Gasteiger partial charge in [0.2, 0.25) is 11.5 Å². The lowest BCUT2D eigenvalue weighted by atomic mass is 10.1. The zero-order valence-corrected chi connectivity index (χ0v) is 18.2. The van der Waals surface area contributed by atoms with Gasteiger partial charge < -0.3 is 19.5 Å². The predicted molar refractivity (Wildman–Crippen MR) is 125 cm³/mol. The van der Waals surface area contributed by atoms with Crippen LogP contribution in [0, 0.1) is 6.92 Å². The van der Waals surface area contributed by atoms with Gasteiger partial charge in [-0.25, -0.2) is 4.98 Å². The number of carbonyl (C=O) groups excluding carboxylic acids is 1. The largest absolute Gasteiger partial charge is 0.448 e. The number of piperazine rings is 1. The number of aromatic nitrogens is 2. The first-order chi connectivity index (χ1) is 15.5. The van der Waals surface area contributed by atoms with Gasteiger partial charge in [0, 0.05) is 42.9 Å². The summed E-state index contributed by atoms with van der Waals surface area (Å²) in [5, 5.41) is 3.67. The minimum Gasteiger partial charge on any atom is -0.448 e. The first-order valence-corrected chi connectivity index (χ1v) is 10.7. The van der Waals surface area contributed by atoms with Crippen molar-refractivity contribution in [3.63, 3.8) is 0 Å². The molecule has 5 rings (SSSR count). The molecule has 3 heterocycles. The van der Waals surface area contributed by atoms with Crippen LogP contribution >= 0.6 is 0 Å². The van der Waals surface area contributed by atoms with Crippen LogP contribution in [0.3, 0.4) is 0 Å². The Kier molecular flexibility index (Phi) is 5.14. The molecule has 8 heteroatoms. The van der Waals surface area contributed by atoms with Crippen molar-refractivity contribution in [3.8, 4) is 0 Å². The van der Waals surface area contributed by atoms with E-state index in [0.717, 1.165) is 37.1 Å². The van der Waals surface area contributed by atoms with Crippen molar-refractivity contribution in [3.05, 3.63) is 64.7 Å². The second-order valence-electron chi connectivity index (χ2n) is 8.29. The van der Waals surface area contributed by atoms with Gasteiger partial charge in [-0.2, -0.15) is 0 Å². The maximum Gasteiger partial charge on any atom is 0.297 e. The smallest absolute Gasteiger partial charge is 0.297 e. The SMILES string of the molecule is Cc1cc(NC(=O)Cn2cnc3c(oc4ccccc43)c2=O)ccc1N1CCN(C)CC1. The molecule has 1 aliphatic rings. The van der Waals surface area contributed by atoms with E-state index in [4.69, 9.17) is 4.42 Å². The molecule has 8 nitrogen and oxygen atoms in total. The van der Waals surface area contributed by atoms with E-state index in [1.807, 2.05) is 43.3 Å². The molecule has 1 N–H and O–H groups in total. The summed E-state index contributed by atoms with van der Waals surface area (Å²) in [6.07, 6.45) is 1.40. The molecule has 32 heavy (non-hydrogen) atoms. The Hall–Kier alpha value is -3.65. The van der Waals surface area contributed by atoms with Gasteiger partial charge in [-0.15, -0.1) is 0 Å². The number of likely N-dealkylation sites (N-methyl/N-ethyl adjacent to an activating group) is 1. The maximum absolute atomic E-state index is 12.8. The highest BCUT2D eigenvalue weighted by Crippen LogP contribution is 2.25. The number of hydrogen-bond donors (Lipinski definition) is 1. The Morgan fingerprint density at radius 2 is 1.91 bits per heavy atom. The quantitative estimate of drug-likeness (QED) is 0.535. The fourth-order valence-corrected chi connectivity index (χ4v) is 4.22. The molecular formula is C24H25N5O3. The molecule has 0 aliphatic carbocycles. The monoisotopic (exact) mass is 431 g/mol. The lowest BCUT2D eigenvalue weighted by Gasteiger charge is -2.35. The number of carbonyl (C=O) groups is 1. The van der Waals surface area contributed by atoms with Crippen LogP contribution in [-0.4, -0.2) is 53.6 Å². The number of nitrogens with one attached hydrogen (secondary N) is 1.